The van der Waals surface area contributed by atoms with Gasteiger partial charge in [0.2, 0.25) is 5.91 Å². The van der Waals surface area contributed by atoms with Gasteiger partial charge in [0.05, 0.1) is 6.04 Å². The lowest BCUT2D eigenvalue weighted by molar-refractivity contribution is -0.122. The predicted octanol–water partition coefficient (Wildman–Crippen LogP) is -0.528. The monoisotopic (exact) mass is 198 g/mol. The van der Waals surface area contributed by atoms with Crippen molar-refractivity contribution >= 4 is 5.91 Å². The highest BCUT2D eigenvalue weighted by Crippen LogP contribution is 2.11. The third-order valence-electron chi connectivity index (χ3n) is 1.84. The molecule has 0 spiro atoms. The molecule has 0 aliphatic carbocycles. The Hall–Kier alpha value is -1.05. The summed E-state index contributed by atoms with van der Waals surface area (Å²) >= 11 is 0. The number of carbonyl (C=O) groups is 1. The Bertz CT molecular complexity index is 231. The van der Waals surface area contributed by atoms with E-state index in [2.05, 4.69) is 11.2 Å². The molecule has 0 heterocycles. The first-order valence-corrected chi connectivity index (χ1v) is 4.50. The van der Waals surface area contributed by atoms with E-state index in [-0.39, 0.29) is 24.3 Å². The molecule has 0 bridgehead atoms. The first kappa shape index (κ1) is 12.9. The largest absolute Gasteiger partial charge is 0.396 e. The second-order valence-corrected chi connectivity index (χ2v) is 4.05. The summed E-state index contributed by atoms with van der Waals surface area (Å²) in [6.45, 7) is 4.10. The van der Waals surface area contributed by atoms with Crippen molar-refractivity contribution in [3.05, 3.63) is 0 Å². The molecule has 4 heteroatoms. The number of nitrogens with two attached hydrogens (primary N) is 1. The fraction of sp³-hybridized carbons (Fsp3) is 0.700. The van der Waals surface area contributed by atoms with Gasteiger partial charge in [-0.05, 0) is 0 Å². The quantitative estimate of drug-likeness (QED) is 0.520. The van der Waals surface area contributed by atoms with Crippen LogP contribution in [0.5, 0.6) is 0 Å². The topological polar surface area (TPSA) is 75.4 Å². The number of hydrogen-bond acceptors (Lipinski definition) is 3. The van der Waals surface area contributed by atoms with E-state index >= 15 is 0 Å². The highest BCUT2D eigenvalue weighted by Gasteiger charge is 2.19. The SMILES string of the molecule is C#CCC(N)C(=O)NCC(C)(C)CO. The Kier molecular flexibility index (Phi) is 5.21. The molecule has 1 unspecified atom stereocenters. The molecular formula is C10H18N2O2. The lowest BCUT2D eigenvalue weighted by Crippen LogP contribution is -2.44. The molecule has 0 saturated carbocycles. The van der Waals surface area contributed by atoms with E-state index in [1.54, 1.807) is 0 Å². The lowest BCUT2D eigenvalue weighted by atomic mass is 9.95. The van der Waals surface area contributed by atoms with Crippen molar-refractivity contribution in [2.45, 2.75) is 26.3 Å². The molecule has 0 aliphatic rings. The Morgan fingerprint density at radius 1 is 1.71 bits per heavy atom. The standard InChI is InChI=1S/C10H18N2O2/c1-4-5-8(11)9(14)12-6-10(2,3)7-13/h1,8,13H,5-7,11H2,2-3H3,(H,12,14). The smallest absolute Gasteiger partial charge is 0.237 e. The fourth-order valence-corrected chi connectivity index (χ4v) is 0.733. The maximum atomic E-state index is 11.3. The number of hydrogen-bond donors (Lipinski definition) is 3. The van der Waals surface area contributed by atoms with E-state index in [1.807, 2.05) is 13.8 Å². The van der Waals surface area contributed by atoms with Gasteiger partial charge in [0.1, 0.15) is 0 Å². The van der Waals surface area contributed by atoms with Crippen LogP contribution >= 0.6 is 0 Å². The van der Waals surface area contributed by atoms with E-state index in [9.17, 15) is 4.79 Å². The van der Waals surface area contributed by atoms with Gasteiger partial charge in [-0.1, -0.05) is 13.8 Å². The molecule has 0 aromatic carbocycles. The number of rotatable bonds is 5. The minimum absolute atomic E-state index is 0.0116. The average molecular weight is 198 g/mol. The molecule has 0 radical (unpaired) electrons. The van der Waals surface area contributed by atoms with Gasteiger partial charge in [-0.2, -0.15) is 0 Å². The molecule has 0 fully saturated rings. The van der Waals surface area contributed by atoms with Crippen LogP contribution in [0.25, 0.3) is 0 Å². The Balaban J connectivity index is 3.92. The van der Waals surface area contributed by atoms with E-state index in [4.69, 9.17) is 17.3 Å². The summed E-state index contributed by atoms with van der Waals surface area (Å²) in [6.07, 6.45) is 5.25. The molecule has 0 aromatic rings. The minimum atomic E-state index is -0.658. The molecule has 0 aromatic heterocycles. The number of nitrogens with one attached hydrogen (secondary N) is 1. The van der Waals surface area contributed by atoms with Crippen LogP contribution in [-0.2, 0) is 4.79 Å². The van der Waals surface area contributed by atoms with E-state index in [0.29, 0.717) is 6.54 Å². The van der Waals surface area contributed by atoms with Gasteiger partial charge in [-0.15, -0.1) is 12.3 Å². The van der Waals surface area contributed by atoms with Crippen molar-refractivity contribution in [2.75, 3.05) is 13.2 Å². The number of terminal acetylenes is 1. The molecule has 4 N–H and O–H groups in total. The lowest BCUT2D eigenvalue weighted by Gasteiger charge is -2.22. The van der Waals surface area contributed by atoms with Gasteiger partial charge in [0, 0.05) is 25.0 Å². The van der Waals surface area contributed by atoms with Crippen LogP contribution in [0.1, 0.15) is 20.3 Å². The van der Waals surface area contributed by atoms with Crippen LogP contribution in [-0.4, -0.2) is 30.2 Å². The highest BCUT2D eigenvalue weighted by atomic mass is 16.3. The summed E-state index contributed by atoms with van der Waals surface area (Å²) in [4.78, 5) is 11.3. The Morgan fingerprint density at radius 3 is 2.71 bits per heavy atom. The molecule has 1 amide bonds. The zero-order chi connectivity index (χ0) is 11.2. The van der Waals surface area contributed by atoms with Crippen molar-refractivity contribution in [1.29, 1.82) is 0 Å². The van der Waals surface area contributed by atoms with E-state index < -0.39 is 6.04 Å². The molecule has 14 heavy (non-hydrogen) atoms. The first-order chi connectivity index (χ1) is 6.43. The van der Waals surface area contributed by atoms with Gasteiger partial charge in [-0.3, -0.25) is 4.79 Å². The van der Waals surface area contributed by atoms with Gasteiger partial charge in [-0.25, -0.2) is 0 Å². The zero-order valence-corrected chi connectivity index (χ0v) is 8.71. The highest BCUT2D eigenvalue weighted by molar-refractivity contribution is 5.81. The van der Waals surface area contributed by atoms with E-state index in [1.165, 1.54) is 0 Å². The fourth-order valence-electron chi connectivity index (χ4n) is 0.733. The molecule has 1 atom stereocenters. The summed E-state index contributed by atoms with van der Waals surface area (Å²) in [6, 6.07) is -0.658. The molecule has 80 valence electrons. The summed E-state index contributed by atoms with van der Waals surface area (Å²) in [5.41, 5.74) is 5.15. The van der Waals surface area contributed by atoms with Crippen LogP contribution in [0.3, 0.4) is 0 Å². The van der Waals surface area contributed by atoms with Crippen molar-refractivity contribution < 1.29 is 9.90 Å². The van der Waals surface area contributed by atoms with Gasteiger partial charge < -0.3 is 16.2 Å². The molecule has 4 nitrogen and oxygen atoms in total. The third kappa shape index (κ3) is 4.85. The van der Waals surface area contributed by atoms with Crippen LogP contribution in [0, 0.1) is 17.8 Å². The number of amides is 1. The summed E-state index contributed by atoms with van der Waals surface area (Å²) in [7, 11) is 0. The third-order valence-corrected chi connectivity index (χ3v) is 1.84. The summed E-state index contributed by atoms with van der Waals surface area (Å²) in [5, 5.41) is 11.6. The molecule has 0 aliphatic heterocycles. The van der Waals surface area contributed by atoms with Crippen molar-refractivity contribution in [3.8, 4) is 12.3 Å². The van der Waals surface area contributed by atoms with Gasteiger partial charge in [0.15, 0.2) is 0 Å². The normalized spacial score (nSPS) is 13.1. The first-order valence-electron chi connectivity index (χ1n) is 4.50. The predicted molar refractivity (Wildman–Crippen MR) is 55.3 cm³/mol. The number of carbonyl (C=O) groups excluding carboxylic acids is 1. The van der Waals surface area contributed by atoms with Crippen molar-refractivity contribution in [1.82, 2.24) is 5.32 Å². The number of aliphatic hydroxyl groups is 1. The molecule has 0 saturated heterocycles. The van der Waals surface area contributed by atoms with Crippen LogP contribution in [0.4, 0.5) is 0 Å². The second kappa shape index (κ2) is 5.63. The number of aliphatic hydroxyl groups excluding tert-OH is 1. The van der Waals surface area contributed by atoms with Crippen molar-refractivity contribution in [3.63, 3.8) is 0 Å². The van der Waals surface area contributed by atoms with Crippen LogP contribution in [0.2, 0.25) is 0 Å². The Morgan fingerprint density at radius 2 is 2.29 bits per heavy atom. The summed E-state index contributed by atoms with van der Waals surface area (Å²) < 4.78 is 0. The van der Waals surface area contributed by atoms with Crippen molar-refractivity contribution in [2.24, 2.45) is 11.1 Å². The zero-order valence-electron chi connectivity index (χ0n) is 8.71. The second-order valence-electron chi connectivity index (χ2n) is 4.05. The van der Waals surface area contributed by atoms with Crippen LogP contribution in [0.15, 0.2) is 0 Å². The van der Waals surface area contributed by atoms with Crippen LogP contribution < -0.4 is 11.1 Å². The van der Waals surface area contributed by atoms with Gasteiger partial charge in [0.25, 0.3) is 0 Å². The Labute approximate surface area is 84.9 Å². The average Bonchev–Trinajstić information content (AvgIpc) is 2.15. The maximum absolute atomic E-state index is 11.3. The summed E-state index contributed by atoms with van der Waals surface area (Å²) in [5.74, 6) is 2.05. The van der Waals surface area contributed by atoms with E-state index in [0.717, 1.165) is 0 Å². The minimum Gasteiger partial charge on any atom is -0.396 e. The van der Waals surface area contributed by atoms with Gasteiger partial charge >= 0.3 is 0 Å². The maximum Gasteiger partial charge on any atom is 0.237 e. The molecular weight excluding hydrogens is 180 g/mol. The molecule has 0 rings (SSSR count).